The molecule has 2 fully saturated rings. The molecule has 1 saturated carbocycles. The van der Waals surface area contributed by atoms with Crippen LogP contribution in [0.5, 0.6) is 0 Å². The smallest absolute Gasteiger partial charge is 0.317 e. The highest BCUT2D eigenvalue weighted by molar-refractivity contribution is 5.69. The van der Waals surface area contributed by atoms with Gasteiger partial charge in [-0.2, -0.15) is 5.16 Å². The van der Waals surface area contributed by atoms with Gasteiger partial charge in [0.15, 0.2) is 0 Å². The summed E-state index contributed by atoms with van der Waals surface area (Å²) >= 11 is 0. The van der Waals surface area contributed by atoms with Gasteiger partial charge in [-0.3, -0.25) is 14.5 Å². The molecule has 2 unspecified atom stereocenters. The van der Waals surface area contributed by atoms with Gasteiger partial charge in [-0.1, -0.05) is 32.1 Å². The Balaban J connectivity index is 1.68. The van der Waals surface area contributed by atoms with Crippen LogP contribution in [0.2, 0.25) is 0 Å². The average molecular weight is 322 g/mol. The number of carbonyl (C=O) groups is 1. The molecular weight excluding hydrogens is 296 g/mol. The summed E-state index contributed by atoms with van der Waals surface area (Å²) in [4.78, 5) is 24.6. The molecule has 1 aliphatic heterocycles. The van der Waals surface area contributed by atoms with E-state index in [1.165, 1.54) is 38.2 Å². The van der Waals surface area contributed by atoms with Crippen LogP contribution in [-0.2, 0) is 4.79 Å². The van der Waals surface area contributed by atoms with Gasteiger partial charge in [-0.05, 0) is 31.7 Å². The summed E-state index contributed by atoms with van der Waals surface area (Å²) < 4.78 is 5.29. The van der Waals surface area contributed by atoms with Gasteiger partial charge < -0.3 is 9.63 Å². The summed E-state index contributed by atoms with van der Waals surface area (Å²) in [7, 11) is 0. The second kappa shape index (κ2) is 7.34. The highest BCUT2D eigenvalue weighted by Gasteiger charge is 2.33. The zero-order valence-corrected chi connectivity index (χ0v) is 13.5. The molecule has 1 aliphatic carbocycles. The Morgan fingerprint density at radius 2 is 2.09 bits per heavy atom. The van der Waals surface area contributed by atoms with Crippen LogP contribution in [0, 0.1) is 5.92 Å². The second-order valence-corrected chi connectivity index (χ2v) is 7.09. The van der Waals surface area contributed by atoms with Crippen LogP contribution in [0.4, 0.5) is 0 Å². The number of likely N-dealkylation sites (tertiary alicyclic amines) is 1. The Morgan fingerprint density at radius 1 is 1.30 bits per heavy atom. The van der Waals surface area contributed by atoms with Crippen LogP contribution < -0.4 is 5.56 Å². The van der Waals surface area contributed by atoms with Gasteiger partial charge in [0.05, 0.1) is 6.54 Å². The van der Waals surface area contributed by atoms with E-state index in [0.717, 1.165) is 31.6 Å². The minimum Gasteiger partial charge on any atom is -0.480 e. The molecule has 23 heavy (non-hydrogen) atoms. The first-order valence-electron chi connectivity index (χ1n) is 8.76. The van der Waals surface area contributed by atoms with Crippen molar-refractivity contribution in [3.8, 4) is 0 Å². The summed E-state index contributed by atoms with van der Waals surface area (Å²) in [5.41, 5.74) is -0.197. The number of hydrogen-bond acceptors (Lipinski definition) is 4. The Hall–Kier alpha value is -1.56. The maximum absolute atomic E-state index is 11.3. The summed E-state index contributed by atoms with van der Waals surface area (Å²) in [5.74, 6) is 0.888. The van der Waals surface area contributed by atoms with Gasteiger partial charge in [0.25, 0.3) is 5.56 Å². The number of aromatic nitrogens is 1. The Morgan fingerprint density at radius 3 is 2.74 bits per heavy atom. The lowest BCUT2D eigenvalue weighted by molar-refractivity contribution is -0.139. The number of nitrogens with zero attached hydrogens (tertiary/aromatic N) is 1. The second-order valence-electron chi connectivity index (χ2n) is 7.09. The Labute approximate surface area is 135 Å². The summed E-state index contributed by atoms with van der Waals surface area (Å²) in [6, 6.07) is 1.81. The van der Waals surface area contributed by atoms with Crippen molar-refractivity contribution in [2.45, 2.75) is 63.3 Å². The molecule has 1 aromatic rings. The third-order valence-corrected chi connectivity index (χ3v) is 5.45. The topological polar surface area (TPSA) is 86.5 Å². The molecule has 0 bridgehead atoms. The number of nitrogens with one attached hydrogen (secondary N) is 1. The summed E-state index contributed by atoms with van der Waals surface area (Å²) in [5, 5.41) is 11.5. The third-order valence-electron chi connectivity index (χ3n) is 5.45. The van der Waals surface area contributed by atoms with Crippen LogP contribution in [-0.4, -0.2) is 40.3 Å². The van der Waals surface area contributed by atoms with Crippen LogP contribution in [0.1, 0.15) is 63.0 Å². The fourth-order valence-corrected chi connectivity index (χ4v) is 4.29. The molecule has 1 aromatic heterocycles. The molecule has 0 aromatic carbocycles. The van der Waals surface area contributed by atoms with Crippen molar-refractivity contribution in [1.29, 1.82) is 0 Å². The lowest BCUT2D eigenvalue weighted by atomic mass is 9.80. The first-order chi connectivity index (χ1) is 11.1. The van der Waals surface area contributed by atoms with E-state index in [2.05, 4.69) is 10.1 Å². The lowest BCUT2D eigenvalue weighted by Crippen LogP contribution is -2.45. The normalized spacial score (nSPS) is 27.1. The molecule has 128 valence electrons. The van der Waals surface area contributed by atoms with Gasteiger partial charge in [-0.15, -0.1) is 0 Å². The van der Waals surface area contributed by atoms with Crippen LogP contribution in [0.3, 0.4) is 0 Å². The van der Waals surface area contributed by atoms with Gasteiger partial charge in [0.2, 0.25) is 0 Å². The molecule has 2 aliphatic rings. The minimum absolute atomic E-state index is 0.112. The van der Waals surface area contributed by atoms with Crippen LogP contribution >= 0.6 is 0 Å². The molecule has 2 heterocycles. The predicted octanol–water partition coefficient (Wildman–Crippen LogP) is 2.57. The van der Waals surface area contributed by atoms with Crippen LogP contribution in [0.25, 0.3) is 0 Å². The van der Waals surface area contributed by atoms with Crippen molar-refractivity contribution in [1.82, 2.24) is 10.1 Å². The van der Waals surface area contributed by atoms with Gasteiger partial charge >= 0.3 is 5.97 Å². The lowest BCUT2D eigenvalue weighted by Gasteiger charge is -2.40. The largest absolute Gasteiger partial charge is 0.480 e. The maximum atomic E-state index is 11.3. The number of H-pyrrole nitrogens is 1. The van der Waals surface area contributed by atoms with Gasteiger partial charge in [-0.25, -0.2) is 0 Å². The quantitative estimate of drug-likeness (QED) is 0.870. The number of piperidine rings is 1. The fourth-order valence-electron chi connectivity index (χ4n) is 4.29. The van der Waals surface area contributed by atoms with E-state index in [1.807, 2.05) is 0 Å². The van der Waals surface area contributed by atoms with Crippen molar-refractivity contribution in [3.05, 3.63) is 22.2 Å². The maximum Gasteiger partial charge on any atom is 0.317 e. The minimum atomic E-state index is -0.759. The molecule has 2 N–H and O–H groups in total. The van der Waals surface area contributed by atoms with Crippen molar-refractivity contribution >= 4 is 5.97 Å². The van der Waals surface area contributed by atoms with Crippen molar-refractivity contribution < 1.29 is 14.4 Å². The van der Waals surface area contributed by atoms with Gasteiger partial charge in [0, 0.05) is 18.0 Å². The number of aromatic amines is 1. The number of aliphatic carboxylic acids is 1. The van der Waals surface area contributed by atoms with Crippen molar-refractivity contribution in [3.63, 3.8) is 0 Å². The first-order valence-corrected chi connectivity index (χ1v) is 8.76. The third kappa shape index (κ3) is 4.25. The van der Waals surface area contributed by atoms with E-state index in [4.69, 9.17) is 9.63 Å². The van der Waals surface area contributed by atoms with E-state index in [0.29, 0.717) is 5.92 Å². The molecule has 6 nitrogen and oxygen atoms in total. The van der Waals surface area contributed by atoms with Crippen molar-refractivity contribution in [2.24, 2.45) is 5.92 Å². The number of hydrogen-bond donors (Lipinski definition) is 2. The summed E-state index contributed by atoms with van der Waals surface area (Å²) in [6.45, 7) is 0.866. The van der Waals surface area contributed by atoms with E-state index >= 15 is 0 Å². The molecule has 3 rings (SSSR count). The first kappa shape index (κ1) is 16.3. The number of rotatable bonds is 5. The highest BCUT2D eigenvalue weighted by atomic mass is 16.5. The zero-order valence-electron chi connectivity index (χ0n) is 13.5. The summed E-state index contributed by atoms with van der Waals surface area (Å²) in [6.07, 6.45) is 9.25. The fraction of sp³-hybridized carbons (Fsp3) is 0.765. The standard InChI is InChI=1S/C17H26N2O4/c20-16-10-15(23-18-16)13-6-7-19(11-17(21)22)14(9-13)8-12-4-2-1-3-5-12/h10,12-14H,1-9,11H2,(H,18,20)(H,21,22). The van der Waals surface area contributed by atoms with Crippen LogP contribution in [0.15, 0.2) is 15.4 Å². The monoisotopic (exact) mass is 322 g/mol. The average Bonchev–Trinajstić information content (AvgIpc) is 2.96. The molecular formula is C17H26N2O4. The van der Waals surface area contributed by atoms with Gasteiger partial charge in [0.1, 0.15) is 5.76 Å². The molecule has 2 atom stereocenters. The number of carboxylic acids is 1. The molecule has 0 amide bonds. The molecule has 1 saturated heterocycles. The highest BCUT2D eigenvalue weighted by Crippen LogP contribution is 2.36. The molecule has 0 radical (unpaired) electrons. The van der Waals surface area contributed by atoms with E-state index in [-0.39, 0.29) is 24.1 Å². The predicted molar refractivity (Wildman–Crippen MR) is 85.5 cm³/mol. The van der Waals surface area contributed by atoms with E-state index in [1.54, 1.807) is 0 Å². The molecule has 0 spiro atoms. The Kier molecular flexibility index (Phi) is 5.20. The zero-order chi connectivity index (χ0) is 16.2. The van der Waals surface area contributed by atoms with E-state index < -0.39 is 5.97 Å². The Bertz CT molecular complexity index is 573. The van der Waals surface area contributed by atoms with Crippen molar-refractivity contribution in [2.75, 3.05) is 13.1 Å². The van der Waals surface area contributed by atoms with E-state index in [9.17, 15) is 9.59 Å². The molecule has 6 heteroatoms. The number of carboxylic acid groups (broad SMARTS) is 1. The SMILES string of the molecule is O=C(O)CN1CCC(c2cc(=O)[nH]o2)CC1CC1CCCCC1.